The van der Waals surface area contributed by atoms with Gasteiger partial charge in [-0.05, 0) is 61.9 Å². The second-order valence-electron chi connectivity index (χ2n) is 8.45. The molecule has 2 aromatic carbocycles. The number of ether oxygens (including phenoxy) is 2. The Morgan fingerprint density at radius 1 is 1.00 bits per heavy atom. The quantitative estimate of drug-likeness (QED) is 0.335. The van der Waals surface area contributed by atoms with Gasteiger partial charge in [0.1, 0.15) is 23.4 Å². The Morgan fingerprint density at radius 2 is 1.72 bits per heavy atom. The number of halogens is 3. The van der Waals surface area contributed by atoms with Crippen molar-refractivity contribution in [3.05, 3.63) is 94.3 Å². The van der Waals surface area contributed by atoms with E-state index in [1.165, 1.54) is 27.6 Å². The second kappa shape index (κ2) is 10.5. The monoisotopic (exact) mass is 500 g/mol. The van der Waals surface area contributed by atoms with E-state index in [1.807, 2.05) is 12.1 Å². The summed E-state index contributed by atoms with van der Waals surface area (Å²) in [6, 6.07) is 14.1. The Hall–Kier alpha value is -3.63. The van der Waals surface area contributed by atoms with Crippen LogP contribution in [0.25, 0.3) is 5.69 Å². The summed E-state index contributed by atoms with van der Waals surface area (Å²) >= 11 is 0. The van der Waals surface area contributed by atoms with Gasteiger partial charge in [-0.3, -0.25) is 4.68 Å². The minimum Gasteiger partial charge on any atom is -0.497 e. The SMILES string of the molecule is COc1ccc(CO[C@H](C)c2cc(F)ccc2-n2nc(C(F)F)cc2C(O)c2cc(C)nn2C)cc1. The molecule has 2 heterocycles. The van der Waals surface area contributed by atoms with E-state index in [1.54, 1.807) is 46.2 Å². The van der Waals surface area contributed by atoms with Crippen LogP contribution in [0.1, 0.15) is 59.5 Å². The summed E-state index contributed by atoms with van der Waals surface area (Å²) in [5.41, 5.74) is 2.24. The summed E-state index contributed by atoms with van der Waals surface area (Å²) < 4.78 is 55.4. The highest BCUT2D eigenvalue weighted by molar-refractivity contribution is 5.45. The van der Waals surface area contributed by atoms with Gasteiger partial charge in [0, 0.05) is 12.6 Å². The van der Waals surface area contributed by atoms with E-state index >= 15 is 0 Å². The summed E-state index contributed by atoms with van der Waals surface area (Å²) in [4.78, 5) is 0. The Bertz CT molecular complexity index is 1330. The lowest BCUT2D eigenvalue weighted by atomic mass is 10.1. The zero-order chi connectivity index (χ0) is 26.0. The first-order chi connectivity index (χ1) is 17.2. The molecule has 4 rings (SSSR count). The van der Waals surface area contributed by atoms with Gasteiger partial charge < -0.3 is 14.6 Å². The number of aliphatic hydroxyl groups is 1. The van der Waals surface area contributed by atoms with Crippen LogP contribution in [-0.4, -0.2) is 31.8 Å². The van der Waals surface area contributed by atoms with E-state index in [0.29, 0.717) is 28.4 Å². The maximum Gasteiger partial charge on any atom is 0.282 e. The van der Waals surface area contributed by atoms with E-state index in [-0.39, 0.29) is 12.3 Å². The lowest BCUT2D eigenvalue weighted by Crippen LogP contribution is -2.14. The molecule has 0 aliphatic heterocycles. The van der Waals surface area contributed by atoms with E-state index in [9.17, 15) is 18.3 Å². The maximum atomic E-state index is 14.3. The average Bonchev–Trinajstić information content (AvgIpc) is 3.45. The zero-order valence-electron chi connectivity index (χ0n) is 20.3. The molecule has 7 nitrogen and oxygen atoms in total. The number of aliphatic hydroxyl groups excluding tert-OH is 1. The lowest BCUT2D eigenvalue weighted by molar-refractivity contribution is 0.0522. The van der Waals surface area contributed by atoms with Gasteiger partial charge in [0.2, 0.25) is 0 Å². The Balaban J connectivity index is 1.71. The maximum absolute atomic E-state index is 14.3. The Morgan fingerprint density at radius 3 is 2.33 bits per heavy atom. The fourth-order valence-electron chi connectivity index (χ4n) is 4.02. The van der Waals surface area contributed by atoms with E-state index < -0.39 is 30.1 Å². The molecule has 1 unspecified atom stereocenters. The number of hydrogen-bond donors (Lipinski definition) is 1. The number of benzene rings is 2. The average molecular weight is 501 g/mol. The van der Waals surface area contributed by atoms with E-state index in [0.717, 1.165) is 11.6 Å². The van der Waals surface area contributed by atoms with Crippen LogP contribution < -0.4 is 4.74 Å². The third-order valence-electron chi connectivity index (χ3n) is 5.89. The molecule has 36 heavy (non-hydrogen) atoms. The van der Waals surface area contributed by atoms with Gasteiger partial charge in [-0.15, -0.1) is 0 Å². The molecule has 10 heteroatoms. The van der Waals surface area contributed by atoms with E-state index in [2.05, 4.69) is 10.2 Å². The van der Waals surface area contributed by atoms with Crippen molar-refractivity contribution in [1.82, 2.24) is 19.6 Å². The summed E-state index contributed by atoms with van der Waals surface area (Å²) in [5, 5.41) is 19.4. The molecule has 0 spiro atoms. The molecule has 0 amide bonds. The zero-order valence-corrected chi connectivity index (χ0v) is 20.3. The molecule has 0 radical (unpaired) electrons. The molecule has 0 aliphatic rings. The summed E-state index contributed by atoms with van der Waals surface area (Å²) in [6.45, 7) is 3.73. The summed E-state index contributed by atoms with van der Waals surface area (Å²) in [6.07, 6.45) is -4.79. The summed E-state index contributed by atoms with van der Waals surface area (Å²) in [7, 11) is 3.23. The number of aromatic nitrogens is 4. The van der Waals surface area contributed by atoms with Gasteiger partial charge in [0.05, 0.1) is 42.6 Å². The third-order valence-corrected chi connectivity index (χ3v) is 5.89. The molecule has 0 aliphatic carbocycles. The first-order valence-electron chi connectivity index (χ1n) is 11.3. The molecule has 0 saturated heterocycles. The number of aryl methyl sites for hydroxylation is 2. The molecule has 2 atom stereocenters. The van der Waals surface area contributed by atoms with Crippen LogP contribution in [0.2, 0.25) is 0 Å². The normalized spacial score (nSPS) is 13.2. The van der Waals surface area contributed by atoms with Crippen molar-refractivity contribution in [1.29, 1.82) is 0 Å². The van der Waals surface area contributed by atoms with Crippen LogP contribution in [0.15, 0.2) is 54.6 Å². The minimum absolute atomic E-state index is 0.100. The highest BCUT2D eigenvalue weighted by Crippen LogP contribution is 2.33. The lowest BCUT2D eigenvalue weighted by Gasteiger charge is -2.20. The van der Waals surface area contributed by atoms with Crippen LogP contribution in [0.4, 0.5) is 13.2 Å². The van der Waals surface area contributed by atoms with Crippen LogP contribution in [0, 0.1) is 12.7 Å². The Kier molecular flexibility index (Phi) is 7.46. The fraction of sp³-hybridized carbons (Fsp3) is 0.308. The molecule has 2 aromatic heterocycles. The molecule has 1 N–H and O–H groups in total. The molecule has 4 aromatic rings. The van der Waals surface area contributed by atoms with Gasteiger partial charge in [0.25, 0.3) is 6.43 Å². The van der Waals surface area contributed by atoms with Gasteiger partial charge in [-0.25, -0.2) is 17.9 Å². The van der Waals surface area contributed by atoms with Crippen molar-refractivity contribution >= 4 is 0 Å². The molecule has 0 saturated carbocycles. The highest BCUT2D eigenvalue weighted by atomic mass is 19.3. The topological polar surface area (TPSA) is 74.3 Å². The predicted molar refractivity (Wildman–Crippen MR) is 127 cm³/mol. The molecule has 0 fully saturated rings. The third kappa shape index (κ3) is 5.29. The number of rotatable bonds is 9. The Labute approximate surface area is 206 Å². The van der Waals surface area contributed by atoms with Crippen LogP contribution >= 0.6 is 0 Å². The first kappa shape index (κ1) is 25.5. The van der Waals surface area contributed by atoms with Gasteiger partial charge >= 0.3 is 0 Å². The largest absolute Gasteiger partial charge is 0.497 e. The smallest absolute Gasteiger partial charge is 0.282 e. The molecular formula is C26H27F3N4O3. The molecule has 190 valence electrons. The number of hydrogen-bond acceptors (Lipinski definition) is 5. The minimum atomic E-state index is -2.86. The number of nitrogens with zero attached hydrogens (tertiary/aromatic N) is 4. The van der Waals surface area contributed by atoms with Crippen molar-refractivity contribution in [3.63, 3.8) is 0 Å². The first-order valence-corrected chi connectivity index (χ1v) is 11.3. The fourth-order valence-corrected chi connectivity index (χ4v) is 4.02. The second-order valence-corrected chi connectivity index (χ2v) is 8.45. The summed E-state index contributed by atoms with van der Waals surface area (Å²) in [5.74, 6) is 0.196. The van der Waals surface area contributed by atoms with Crippen molar-refractivity contribution < 1.29 is 27.8 Å². The van der Waals surface area contributed by atoms with Gasteiger partial charge in [-0.2, -0.15) is 10.2 Å². The van der Waals surface area contributed by atoms with Crippen LogP contribution in [0.5, 0.6) is 5.75 Å². The number of alkyl halides is 2. The van der Waals surface area contributed by atoms with Crippen molar-refractivity contribution in [2.24, 2.45) is 7.05 Å². The van der Waals surface area contributed by atoms with Crippen molar-refractivity contribution in [2.75, 3.05) is 7.11 Å². The number of methoxy groups -OCH3 is 1. The van der Waals surface area contributed by atoms with Gasteiger partial charge in [0.15, 0.2) is 0 Å². The van der Waals surface area contributed by atoms with Crippen LogP contribution in [-0.2, 0) is 18.4 Å². The van der Waals surface area contributed by atoms with E-state index in [4.69, 9.17) is 9.47 Å². The highest BCUT2D eigenvalue weighted by Gasteiger charge is 2.26. The van der Waals surface area contributed by atoms with Gasteiger partial charge in [-0.1, -0.05) is 12.1 Å². The standard InChI is InChI=1S/C26H27F3N4O3/c1-15-11-23(32(3)30-15)25(34)24-13-21(26(28)29)31-33(24)22-10-7-18(27)12-20(22)16(2)36-14-17-5-8-19(35-4)9-6-17/h5-13,16,25-26,34H,14H2,1-4H3/t16-,25?/m1/s1. The molecular weight excluding hydrogens is 473 g/mol. The van der Waals surface area contributed by atoms with Crippen molar-refractivity contribution in [3.8, 4) is 11.4 Å². The van der Waals surface area contributed by atoms with Crippen LogP contribution in [0.3, 0.4) is 0 Å². The van der Waals surface area contributed by atoms with Crippen molar-refractivity contribution in [2.45, 2.75) is 39.1 Å². The molecule has 0 bridgehead atoms. The predicted octanol–water partition coefficient (Wildman–Crippen LogP) is 5.36.